The third kappa shape index (κ3) is 2.16. The first-order chi connectivity index (χ1) is 5.22. The molecular weight excluding hydrogens is 155 g/mol. The fraction of sp³-hybridized carbons (Fsp3) is 0. The van der Waals surface area contributed by atoms with E-state index in [1.807, 2.05) is 0 Å². The summed E-state index contributed by atoms with van der Waals surface area (Å²) < 4.78 is 28.7. The standard InChI is InChI=1S/C5H3BF2NO2/c7-4-1-3(11-6-10)2-5(8)9-4/h1-2,10H. The van der Waals surface area contributed by atoms with Crippen LogP contribution in [0.15, 0.2) is 12.1 Å². The van der Waals surface area contributed by atoms with Gasteiger partial charge in [-0.2, -0.15) is 13.8 Å². The van der Waals surface area contributed by atoms with Crippen LogP contribution in [0.25, 0.3) is 0 Å². The molecule has 1 heterocycles. The Balaban J connectivity index is 2.89. The van der Waals surface area contributed by atoms with E-state index < -0.39 is 11.9 Å². The molecule has 0 bridgehead atoms. The molecule has 3 nitrogen and oxygen atoms in total. The van der Waals surface area contributed by atoms with Crippen LogP contribution in [0.2, 0.25) is 0 Å². The summed E-state index contributed by atoms with van der Waals surface area (Å²) >= 11 is 0. The molecule has 57 valence electrons. The zero-order valence-electron chi connectivity index (χ0n) is 5.29. The molecule has 6 heteroatoms. The molecule has 0 aliphatic heterocycles. The number of hydrogen-bond acceptors (Lipinski definition) is 3. The van der Waals surface area contributed by atoms with E-state index in [1.54, 1.807) is 0 Å². The molecule has 0 aromatic carbocycles. The van der Waals surface area contributed by atoms with Crippen LogP contribution in [0.1, 0.15) is 0 Å². The van der Waals surface area contributed by atoms with Crippen molar-refractivity contribution >= 4 is 7.69 Å². The topological polar surface area (TPSA) is 42.4 Å². The van der Waals surface area contributed by atoms with Crippen molar-refractivity contribution in [2.24, 2.45) is 0 Å². The van der Waals surface area contributed by atoms with E-state index >= 15 is 0 Å². The molecule has 0 fully saturated rings. The molecular formula is C5H3BF2NO2. The maximum absolute atomic E-state index is 12.2. The SMILES string of the molecule is O[B]Oc1cc(F)nc(F)c1. The summed E-state index contributed by atoms with van der Waals surface area (Å²) in [6.07, 6.45) is 0. The van der Waals surface area contributed by atoms with Crippen molar-refractivity contribution in [1.82, 2.24) is 4.98 Å². The minimum atomic E-state index is -0.998. The van der Waals surface area contributed by atoms with Gasteiger partial charge in [0, 0.05) is 12.1 Å². The number of halogens is 2. The van der Waals surface area contributed by atoms with Crippen LogP contribution in [0.4, 0.5) is 8.78 Å². The van der Waals surface area contributed by atoms with E-state index in [2.05, 4.69) is 9.64 Å². The summed E-state index contributed by atoms with van der Waals surface area (Å²) in [5.74, 6) is -2.14. The Morgan fingerprint density at radius 2 is 1.91 bits per heavy atom. The largest absolute Gasteiger partial charge is 0.569 e. The second-order valence-electron chi connectivity index (χ2n) is 1.67. The summed E-state index contributed by atoms with van der Waals surface area (Å²) in [6, 6.07) is 1.69. The van der Waals surface area contributed by atoms with Crippen molar-refractivity contribution in [1.29, 1.82) is 0 Å². The molecule has 11 heavy (non-hydrogen) atoms. The number of rotatable bonds is 2. The molecule has 0 spiro atoms. The van der Waals surface area contributed by atoms with E-state index in [4.69, 9.17) is 5.02 Å². The van der Waals surface area contributed by atoms with Crippen LogP contribution in [0.5, 0.6) is 5.75 Å². The van der Waals surface area contributed by atoms with Crippen LogP contribution in [-0.4, -0.2) is 17.7 Å². The van der Waals surface area contributed by atoms with Crippen molar-refractivity contribution < 1.29 is 18.5 Å². The van der Waals surface area contributed by atoms with Crippen molar-refractivity contribution in [3.63, 3.8) is 0 Å². The molecule has 0 amide bonds. The highest BCUT2D eigenvalue weighted by molar-refractivity contribution is 6.17. The van der Waals surface area contributed by atoms with Crippen LogP contribution >= 0.6 is 0 Å². The van der Waals surface area contributed by atoms with Crippen LogP contribution in [-0.2, 0) is 0 Å². The molecule has 0 saturated carbocycles. The highest BCUT2D eigenvalue weighted by atomic mass is 19.1. The highest BCUT2D eigenvalue weighted by Crippen LogP contribution is 2.11. The Bertz CT molecular complexity index is 238. The van der Waals surface area contributed by atoms with Gasteiger partial charge >= 0.3 is 7.69 Å². The van der Waals surface area contributed by atoms with Crippen LogP contribution < -0.4 is 4.65 Å². The second kappa shape index (κ2) is 3.29. The number of nitrogens with zero attached hydrogens (tertiary/aromatic N) is 1. The molecule has 1 radical (unpaired) electrons. The molecule has 1 rings (SSSR count). The molecule has 0 unspecified atom stereocenters. The normalized spacial score (nSPS) is 9.36. The van der Waals surface area contributed by atoms with Gasteiger partial charge < -0.3 is 9.68 Å². The summed E-state index contributed by atoms with van der Waals surface area (Å²) in [6.45, 7) is 0. The number of hydrogen-bond donors (Lipinski definition) is 1. The lowest BCUT2D eigenvalue weighted by Crippen LogP contribution is -2.01. The third-order valence-corrected chi connectivity index (χ3v) is 0.925. The van der Waals surface area contributed by atoms with E-state index in [9.17, 15) is 8.78 Å². The molecule has 1 N–H and O–H groups in total. The fourth-order valence-corrected chi connectivity index (χ4v) is 0.572. The maximum atomic E-state index is 12.2. The van der Waals surface area contributed by atoms with Gasteiger partial charge in [0.2, 0.25) is 11.9 Å². The molecule has 1 aromatic rings. The lowest BCUT2D eigenvalue weighted by molar-refractivity contribution is 0.440. The smallest absolute Gasteiger partial charge is 0.537 e. The summed E-state index contributed by atoms with van der Waals surface area (Å²) in [7, 11) is 0.328. The minimum absolute atomic E-state index is 0.141. The number of pyridine rings is 1. The monoisotopic (exact) mass is 158 g/mol. The predicted molar refractivity (Wildman–Crippen MR) is 32.8 cm³/mol. The minimum Gasteiger partial charge on any atom is -0.537 e. The first-order valence-electron chi connectivity index (χ1n) is 2.68. The molecule has 0 atom stereocenters. The lowest BCUT2D eigenvalue weighted by atomic mass is 10.3. The highest BCUT2D eigenvalue weighted by Gasteiger charge is 2.01. The van der Waals surface area contributed by atoms with Gasteiger partial charge in [-0.15, -0.1) is 0 Å². The second-order valence-corrected chi connectivity index (χ2v) is 1.67. The first kappa shape index (κ1) is 7.94. The Hall–Kier alpha value is -1.17. The first-order valence-corrected chi connectivity index (χ1v) is 2.68. The third-order valence-electron chi connectivity index (χ3n) is 0.925. The molecule has 0 saturated heterocycles. The molecule has 1 aromatic heterocycles. The van der Waals surface area contributed by atoms with Crippen molar-refractivity contribution in [3.8, 4) is 5.75 Å². The van der Waals surface area contributed by atoms with Gasteiger partial charge in [0.1, 0.15) is 5.75 Å². The van der Waals surface area contributed by atoms with Gasteiger partial charge in [-0.3, -0.25) is 0 Å². The summed E-state index contributed by atoms with van der Waals surface area (Å²) in [5, 5.41) is 8.09. The quantitative estimate of drug-likeness (QED) is 0.495. The zero-order valence-corrected chi connectivity index (χ0v) is 5.29. The van der Waals surface area contributed by atoms with Gasteiger partial charge in [0.25, 0.3) is 0 Å². The summed E-state index contributed by atoms with van der Waals surface area (Å²) in [5.41, 5.74) is 0. The van der Waals surface area contributed by atoms with Gasteiger partial charge in [0.15, 0.2) is 0 Å². The van der Waals surface area contributed by atoms with Crippen molar-refractivity contribution in [3.05, 3.63) is 24.0 Å². The Morgan fingerprint density at radius 1 is 1.36 bits per heavy atom. The Morgan fingerprint density at radius 3 is 2.36 bits per heavy atom. The fourth-order valence-electron chi connectivity index (χ4n) is 0.572. The predicted octanol–water partition coefficient (Wildman–Crippen LogP) is 0.265. The van der Waals surface area contributed by atoms with Crippen LogP contribution in [0.3, 0.4) is 0 Å². The Kier molecular flexibility index (Phi) is 2.38. The average molecular weight is 158 g/mol. The van der Waals surface area contributed by atoms with Crippen molar-refractivity contribution in [2.45, 2.75) is 0 Å². The van der Waals surface area contributed by atoms with Crippen molar-refractivity contribution in [2.75, 3.05) is 0 Å². The maximum Gasteiger partial charge on any atom is 0.569 e. The summed E-state index contributed by atoms with van der Waals surface area (Å²) in [4.78, 5) is 2.81. The zero-order chi connectivity index (χ0) is 8.27. The molecule has 0 aliphatic rings. The van der Waals surface area contributed by atoms with Crippen LogP contribution in [0, 0.1) is 11.9 Å². The van der Waals surface area contributed by atoms with Gasteiger partial charge in [-0.1, -0.05) is 0 Å². The molecule has 0 aliphatic carbocycles. The lowest BCUT2D eigenvalue weighted by Gasteiger charge is -1.99. The van der Waals surface area contributed by atoms with Gasteiger partial charge in [0.05, 0.1) is 0 Å². The van der Waals surface area contributed by atoms with E-state index in [-0.39, 0.29) is 5.75 Å². The Labute approximate surface area is 61.9 Å². The van der Waals surface area contributed by atoms with E-state index in [1.165, 1.54) is 0 Å². The number of aromatic nitrogens is 1. The van der Waals surface area contributed by atoms with Gasteiger partial charge in [-0.05, 0) is 0 Å². The average Bonchev–Trinajstić information content (AvgIpc) is 1.85. The van der Waals surface area contributed by atoms with Gasteiger partial charge in [-0.25, -0.2) is 0 Å². The van der Waals surface area contributed by atoms with E-state index in [0.717, 1.165) is 12.1 Å². The van der Waals surface area contributed by atoms with E-state index in [0.29, 0.717) is 7.69 Å².